The molecular formula is C19H26N3O3+. The van der Waals surface area contributed by atoms with Gasteiger partial charge in [0.2, 0.25) is 5.52 Å². The molecule has 1 saturated heterocycles. The molecule has 2 heterocycles. The highest BCUT2D eigenvalue weighted by Gasteiger charge is 2.18. The van der Waals surface area contributed by atoms with Gasteiger partial charge in [-0.05, 0) is 18.9 Å². The van der Waals surface area contributed by atoms with Crippen LogP contribution in [0.1, 0.15) is 17.7 Å². The maximum Gasteiger partial charge on any atom is 0.213 e. The van der Waals surface area contributed by atoms with Gasteiger partial charge in [0.25, 0.3) is 0 Å². The van der Waals surface area contributed by atoms with Crippen molar-refractivity contribution in [3.63, 3.8) is 0 Å². The van der Waals surface area contributed by atoms with Crippen LogP contribution in [0.3, 0.4) is 0 Å². The van der Waals surface area contributed by atoms with Crippen molar-refractivity contribution in [1.29, 1.82) is 0 Å². The standard InChI is InChI=1S/C19H25N3O3/c1-14-15(6-7-18(23)24)19(16-4-2-3-5-17(16)21-14)20-8-9-22-10-12-25-13-11-22/h2-5H,6-13H2,1H3,(H,20,21)(H,23,24)/p+1. The van der Waals surface area contributed by atoms with Gasteiger partial charge in [-0.25, -0.2) is 4.98 Å². The molecule has 1 fully saturated rings. The van der Waals surface area contributed by atoms with Crippen LogP contribution in [-0.2, 0) is 16.0 Å². The van der Waals surface area contributed by atoms with E-state index in [1.54, 1.807) is 4.90 Å². The number of quaternary nitrogens is 1. The van der Waals surface area contributed by atoms with E-state index in [0.29, 0.717) is 6.42 Å². The molecule has 6 nitrogen and oxygen atoms in total. The summed E-state index contributed by atoms with van der Waals surface area (Å²) in [5.41, 5.74) is 4.13. The van der Waals surface area contributed by atoms with E-state index in [2.05, 4.69) is 16.4 Å². The van der Waals surface area contributed by atoms with Crippen LogP contribution in [0.4, 0.5) is 5.69 Å². The van der Waals surface area contributed by atoms with E-state index in [9.17, 15) is 9.90 Å². The Bertz CT molecular complexity index is 742. The predicted molar refractivity (Wildman–Crippen MR) is 93.4 cm³/mol. The van der Waals surface area contributed by atoms with Crippen LogP contribution < -0.4 is 20.3 Å². The summed E-state index contributed by atoms with van der Waals surface area (Å²) in [7, 11) is 0. The lowest BCUT2D eigenvalue weighted by Gasteiger charge is -2.24. The predicted octanol–water partition coefficient (Wildman–Crippen LogP) is -1.03. The molecule has 0 spiro atoms. The number of fused-ring (bicyclic) bond motifs is 1. The fourth-order valence-electron chi connectivity index (χ4n) is 3.45. The first-order chi connectivity index (χ1) is 12.1. The third kappa shape index (κ3) is 4.46. The zero-order valence-corrected chi connectivity index (χ0v) is 14.7. The van der Waals surface area contributed by atoms with Crippen LogP contribution in [0.15, 0.2) is 24.3 Å². The topological polar surface area (TPSA) is 80.0 Å². The number of carbonyl (C=O) groups is 1. The summed E-state index contributed by atoms with van der Waals surface area (Å²) in [6, 6.07) is 8.12. The summed E-state index contributed by atoms with van der Waals surface area (Å²) < 4.78 is 5.40. The summed E-state index contributed by atoms with van der Waals surface area (Å²) in [6.45, 7) is 7.61. The Morgan fingerprint density at radius 1 is 1.32 bits per heavy atom. The smallest absolute Gasteiger partial charge is 0.213 e. The van der Waals surface area contributed by atoms with Crippen LogP contribution in [-0.4, -0.2) is 45.4 Å². The molecule has 6 heteroatoms. The highest BCUT2D eigenvalue weighted by Crippen LogP contribution is 2.27. The number of rotatable bonds is 7. The van der Waals surface area contributed by atoms with E-state index >= 15 is 0 Å². The maximum absolute atomic E-state index is 10.9. The van der Waals surface area contributed by atoms with Crippen molar-refractivity contribution in [1.82, 2.24) is 0 Å². The lowest BCUT2D eigenvalue weighted by Crippen LogP contribution is -3.14. The zero-order valence-electron chi connectivity index (χ0n) is 14.7. The Balaban J connectivity index is 1.81. The number of anilines is 1. The molecule has 25 heavy (non-hydrogen) atoms. The molecule has 0 amide bonds. The molecule has 0 unspecified atom stereocenters. The SMILES string of the molecule is Cc1[nH+]c2ccccc2c(NCC[NH+]2CCOCC2)c1CCC(=O)[O-]. The van der Waals surface area contributed by atoms with E-state index in [1.165, 1.54) is 0 Å². The number of para-hydroxylation sites is 1. The molecule has 1 aromatic heterocycles. The zero-order chi connectivity index (χ0) is 17.6. The van der Waals surface area contributed by atoms with Crippen LogP contribution >= 0.6 is 0 Å². The van der Waals surface area contributed by atoms with E-state index in [4.69, 9.17) is 4.74 Å². The Morgan fingerprint density at radius 2 is 2.08 bits per heavy atom. The molecule has 0 aliphatic carbocycles. The van der Waals surface area contributed by atoms with Crippen LogP contribution in [0.2, 0.25) is 0 Å². The minimum atomic E-state index is -1.02. The number of hydrogen-bond donors (Lipinski definition) is 2. The van der Waals surface area contributed by atoms with Crippen molar-refractivity contribution in [3.05, 3.63) is 35.5 Å². The quantitative estimate of drug-likeness (QED) is 0.673. The summed E-state index contributed by atoms with van der Waals surface area (Å²) in [5, 5.41) is 15.6. The van der Waals surface area contributed by atoms with Crippen molar-refractivity contribution in [2.45, 2.75) is 19.8 Å². The summed E-state index contributed by atoms with van der Waals surface area (Å²) in [4.78, 5) is 15.8. The highest BCUT2D eigenvalue weighted by atomic mass is 16.5. The first kappa shape index (κ1) is 17.6. The Hall–Kier alpha value is -2.18. The molecule has 1 aliphatic heterocycles. The molecule has 1 aromatic carbocycles. The Morgan fingerprint density at radius 3 is 2.84 bits per heavy atom. The minimum absolute atomic E-state index is 0.0242. The number of aromatic nitrogens is 1. The molecule has 0 radical (unpaired) electrons. The average Bonchev–Trinajstić information content (AvgIpc) is 2.61. The third-order valence-electron chi connectivity index (χ3n) is 4.83. The number of aryl methyl sites for hydroxylation is 1. The molecule has 3 rings (SSSR count). The van der Waals surface area contributed by atoms with Crippen molar-refractivity contribution in [2.75, 3.05) is 44.7 Å². The Labute approximate surface area is 147 Å². The molecule has 0 bridgehead atoms. The number of carboxylic acid groups (broad SMARTS) is 1. The third-order valence-corrected chi connectivity index (χ3v) is 4.83. The second-order valence-electron chi connectivity index (χ2n) is 6.56. The first-order valence-corrected chi connectivity index (χ1v) is 8.93. The van der Waals surface area contributed by atoms with Gasteiger partial charge in [0.15, 0.2) is 5.69 Å². The summed E-state index contributed by atoms with van der Waals surface area (Å²) in [5.74, 6) is -1.02. The fraction of sp³-hybridized carbons (Fsp3) is 0.474. The maximum atomic E-state index is 10.9. The largest absolute Gasteiger partial charge is 0.550 e. The van der Waals surface area contributed by atoms with E-state index in [1.807, 2.05) is 25.1 Å². The number of nitrogens with one attached hydrogen (secondary N) is 3. The first-order valence-electron chi connectivity index (χ1n) is 8.93. The van der Waals surface area contributed by atoms with Gasteiger partial charge in [0.05, 0.1) is 37.4 Å². The number of carbonyl (C=O) groups excluding carboxylic acids is 1. The van der Waals surface area contributed by atoms with Crippen molar-refractivity contribution in [2.24, 2.45) is 0 Å². The Kier molecular flexibility index (Phi) is 5.83. The fourth-order valence-corrected chi connectivity index (χ4v) is 3.45. The molecule has 3 N–H and O–H groups in total. The lowest BCUT2D eigenvalue weighted by molar-refractivity contribution is -0.906. The van der Waals surface area contributed by atoms with Gasteiger partial charge in [-0.15, -0.1) is 0 Å². The monoisotopic (exact) mass is 344 g/mol. The number of carboxylic acids is 1. The van der Waals surface area contributed by atoms with Crippen molar-refractivity contribution >= 4 is 22.6 Å². The molecule has 0 atom stereocenters. The number of hydrogen-bond acceptors (Lipinski definition) is 4. The van der Waals surface area contributed by atoms with Gasteiger partial charge in [-0.1, -0.05) is 12.1 Å². The van der Waals surface area contributed by atoms with Gasteiger partial charge in [0, 0.05) is 24.5 Å². The number of aromatic amines is 1. The number of aliphatic carboxylic acids is 1. The van der Waals surface area contributed by atoms with Gasteiger partial charge in [-0.2, -0.15) is 0 Å². The van der Waals surface area contributed by atoms with Gasteiger partial charge in [-0.3, -0.25) is 0 Å². The number of pyridine rings is 1. The lowest BCUT2D eigenvalue weighted by atomic mass is 10.0. The molecule has 134 valence electrons. The van der Waals surface area contributed by atoms with Gasteiger partial charge >= 0.3 is 0 Å². The van der Waals surface area contributed by atoms with E-state index in [-0.39, 0.29) is 6.42 Å². The normalized spacial score (nSPS) is 15.4. The molecule has 1 aliphatic rings. The second-order valence-corrected chi connectivity index (χ2v) is 6.56. The number of morpholine rings is 1. The average molecular weight is 344 g/mol. The molecule has 0 saturated carbocycles. The van der Waals surface area contributed by atoms with E-state index < -0.39 is 5.97 Å². The number of H-pyrrole nitrogens is 1. The van der Waals surface area contributed by atoms with Gasteiger partial charge in [0.1, 0.15) is 13.1 Å². The highest BCUT2D eigenvalue weighted by molar-refractivity contribution is 5.91. The number of ether oxygens (including phenoxy) is 1. The molecule has 2 aromatic rings. The molecular weight excluding hydrogens is 318 g/mol. The van der Waals surface area contributed by atoms with E-state index in [0.717, 1.165) is 67.2 Å². The van der Waals surface area contributed by atoms with Gasteiger partial charge < -0.3 is 24.9 Å². The summed E-state index contributed by atoms with van der Waals surface area (Å²) >= 11 is 0. The van der Waals surface area contributed by atoms with Crippen LogP contribution in [0.25, 0.3) is 10.9 Å². The summed E-state index contributed by atoms with van der Waals surface area (Å²) in [6.07, 6.45) is 0.485. The van der Waals surface area contributed by atoms with Crippen molar-refractivity contribution < 1.29 is 24.5 Å². The van der Waals surface area contributed by atoms with Crippen LogP contribution in [0.5, 0.6) is 0 Å². The minimum Gasteiger partial charge on any atom is -0.550 e. The van der Waals surface area contributed by atoms with Crippen LogP contribution in [0, 0.1) is 6.92 Å². The van der Waals surface area contributed by atoms with Crippen molar-refractivity contribution in [3.8, 4) is 0 Å². The number of benzene rings is 1. The second kappa shape index (κ2) is 8.27.